The topological polar surface area (TPSA) is 59.6 Å². The number of carbonyl (C=O) groups excluding carboxylic acids is 1. The van der Waals surface area contributed by atoms with Gasteiger partial charge in [-0.1, -0.05) is 6.92 Å². The molecule has 1 fully saturated rings. The molecular weight excluding hydrogens is 304 g/mol. The molecule has 1 aromatic rings. The van der Waals surface area contributed by atoms with Crippen LogP contribution in [0.5, 0.6) is 11.5 Å². The van der Waals surface area contributed by atoms with Crippen LogP contribution < -0.4 is 20.1 Å². The van der Waals surface area contributed by atoms with Crippen LogP contribution in [0, 0.1) is 5.92 Å². The summed E-state index contributed by atoms with van der Waals surface area (Å²) in [7, 11) is 0. The SMILES string of the molecule is CC1CCNC(C)C1NC(=O)c1ccc2c(c1)OCCO2.Cl. The van der Waals surface area contributed by atoms with Crippen LogP contribution in [-0.4, -0.2) is 37.7 Å². The van der Waals surface area contributed by atoms with Crippen LogP contribution in [0.2, 0.25) is 0 Å². The highest BCUT2D eigenvalue weighted by Gasteiger charge is 2.29. The lowest BCUT2D eigenvalue weighted by molar-refractivity contribution is 0.0896. The maximum Gasteiger partial charge on any atom is 0.251 e. The molecule has 0 spiro atoms. The molecule has 22 heavy (non-hydrogen) atoms. The fourth-order valence-electron chi connectivity index (χ4n) is 3.02. The Morgan fingerprint density at radius 3 is 2.68 bits per heavy atom. The van der Waals surface area contributed by atoms with Crippen LogP contribution in [0.4, 0.5) is 0 Å². The molecule has 2 aliphatic heterocycles. The maximum atomic E-state index is 12.5. The summed E-state index contributed by atoms with van der Waals surface area (Å²) in [6, 6.07) is 5.79. The Labute approximate surface area is 137 Å². The second-order valence-corrected chi connectivity index (χ2v) is 5.87. The average molecular weight is 327 g/mol. The van der Waals surface area contributed by atoms with Crippen LogP contribution in [0.3, 0.4) is 0 Å². The number of hydrogen-bond donors (Lipinski definition) is 2. The summed E-state index contributed by atoms with van der Waals surface area (Å²) in [5.74, 6) is 1.78. The van der Waals surface area contributed by atoms with Gasteiger partial charge in [-0.05, 0) is 44.0 Å². The van der Waals surface area contributed by atoms with E-state index in [1.807, 2.05) is 0 Å². The molecule has 0 radical (unpaired) electrons. The lowest BCUT2D eigenvalue weighted by Crippen LogP contribution is -2.55. The minimum Gasteiger partial charge on any atom is -0.486 e. The number of amides is 1. The number of ether oxygens (including phenoxy) is 2. The van der Waals surface area contributed by atoms with Crippen LogP contribution >= 0.6 is 12.4 Å². The Hall–Kier alpha value is -1.46. The standard InChI is InChI=1S/C16H22N2O3.ClH/c1-10-5-6-17-11(2)15(10)18-16(19)12-3-4-13-14(9-12)21-8-7-20-13;/h3-4,9-11,15,17H,5-8H2,1-2H3,(H,18,19);1H. The molecule has 0 bridgehead atoms. The summed E-state index contributed by atoms with van der Waals surface area (Å²) in [5, 5.41) is 6.55. The Bertz CT molecular complexity index is 528. The van der Waals surface area contributed by atoms with Crippen molar-refractivity contribution in [2.45, 2.75) is 32.4 Å². The molecule has 1 saturated heterocycles. The third-order valence-electron chi connectivity index (χ3n) is 4.32. The van der Waals surface area contributed by atoms with Gasteiger partial charge >= 0.3 is 0 Å². The molecule has 0 aromatic heterocycles. The molecule has 1 aromatic carbocycles. The molecule has 3 unspecified atom stereocenters. The Morgan fingerprint density at radius 2 is 1.95 bits per heavy atom. The van der Waals surface area contributed by atoms with Crippen molar-refractivity contribution in [2.75, 3.05) is 19.8 Å². The van der Waals surface area contributed by atoms with E-state index in [0.717, 1.165) is 13.0 Å². The van der Waals surface area contributed by atoms with Gasteiger partial charge in [0.2, 0.25) is 0 Å². The van der Waals surface area contributed by atoms with Gasteiger partial charge < -0.3 is 20.1 Å². The molecule has 122 valence electrons. The second-order valence-electron chi connectivity index (χ2n) is 5.87. The predicted molar refractivity (Wildman–Crippen MR) is 87.2 cm³/mol. The number of nitrogens with one attached hydrogen (secondary N) is 2. The molecule has 2 N–H and O–H groups in total. The third-order valence-corrected chi connectivity index (χ3v) is 4.32. The lowest BCUT2D eigenvalue weighted by atomic mass is 9.89. The van der Waals surface area contributed by atoms with Gasteiger partial charge in [0.05, 0.1) is 0 Å². The van der Waals surface area contributed by atoms with E-state index in [4.69, 9.17) is 9.47 Å². The van der Waals surface area contributed by atoms with Gasteiger partial charge in [-0.3, -0.25) is 4.79 Å². The van der Waals surface area contributed by atoms with Gasteiger partial charge in [-0.25, -0.2) is 0 Å². The van der Waals surface area contributed by atoms with Crippen molar-refractivity contribution in [2.24, 2.45) is 5.92 Å². The van der Waals surface area contributed by atoms with E-state index in [2.05, 4.69) is 24.5 Å². The summed E-state index contributed by atoms with van der Waals surface area (Å²) in [5.41, 5.74) is 0.615. The summed E-state index contributed by atoms with van der Waals surface area (Å²) in [4.78, 5) is 12.5. The quantitative estimate of drug-likeness (QED) is 0.872. The highest BCUT2D eigenvalue weighted by Crippen LogP contribution is 2.30. The third kappa shape index (κ3) is 3.47. The van der Waals surface area contributed by atoms with Crippen molar-refractivity contribution in [3.63, 3.8) is 0 Å². The number of carbonyl (C=O) groups is 1. The first-order valence-corrected chi connectivity index (χ1v) is 7.59. The first-order valence-electron chi connectivity index (χ1n) is 7.59. The van der Waals surface area contributed by atoms with Gasteiger partial charge in [0.25, 0.3) is 5.91 Å². The highest BCUT2D eigenvalue weighted by atomic mass is 35.5. The number of hydrogen-bond acceptors (Lipinski definition) is 4. The molecule has 3 atom stereocenters. The zero-order valence-corrected chi connectivity index (χ0v) is 13.7. The van der Waals surface area contributed by atoms with Gasteiger partial charge in [0, 0.05) is 17.6 Å². The summed E-state index contributed by atoms with van der Waals surface area (Å²) in [6.07, 6.45) is 1.08. The minimum absolute atomic E-state index is 0. The predicted octanol–water partition coefficient (Wildman–Crippen LogP) is 2.00. The summed E-state index contributed by atoms with van der Waals surface area (Å²) >= 11 is 0. The maximum absolute atomic E-state index is 12.5. The molecular formula is C16H23ClN2O3. The number of halogens is 1. The van der Waals surface area contributed by atoms with Gasteiger partial charge in [-0.15, -0.1) is 12.4 Å². The first kappa shape index (κ1) is 16.9. The molecule has 1 amide bonds. The smallest absolute Gasteiger partial charge is 0.251 e. The van der Waals surface area contributed by atoms with E-state index in [1.54, 1.807) is 18.2 Å². The fraction of sp³-hybridized carbons (Fsp3) is 0.562. The van der Waals surface area contributed by atoms with Crippen molar-refractivity contribution < 1.29 is 14.3 Å². The highest BCUT2D eigenvalue weighted by molar-refractivity contribution is 5.95. The Balaban J connectivity index is 0.00000176. The van der Waals surface area contributed by atoms with Gasteiger partial charge in [-0.2, -0.15) is 0 Å². The zero-order chi connectivity index (χ0) is 14.8. The molecule has 0 saturated carbocycles. The van der Waals surface area contributed by atoms with Crippen LogP contribution in [0.1, 0.15) is 30.6 Å². The second kappa shape index (κ2) is 7.20. The largest absolute Gasteiger partial charge is 0.486 e. The van der Waals surface area contributed by atoms with Crippen molar-refractivity contribution in [3.8, 4) is 11.5 Å². The van der Waals surface area contributed by atoms with Gasteiger partial charge in [0.15, 0.2) is 11.5 Å². The molecule has 5 nitrogen and oxygen atoms in total. The lowest BCUT2D eigenvalue weighted by Gasteiger charge is -2.36. The normalized spacial score (nSPS) is 26.7. The number of piperidine rings is 1. The van der Waals surface area contributed by atoms with E-state index in [9.17, 15) is 4.79 Å². The van der Waals surface area contributed by atoms with E-state index in [-0.39, 0.29) is 30.4 Å². The molecule has 3 rings (SSSR count). The summed E-state index contributed by atoms with van der Waals surface area (Å²) in [6.45, 7) is 6.40. The van der Waals surface area contributed by atoms with Gasteiger partial charge in [0.1, 0.15) is 13.2 Å². The average Bonchev–Trinajstić information content (AvgIpc) is 2.50. The first-order chi connectivity index (χ1) is 10.1. The van der Waals surface area contributed by atoms with Crippen LogP contribution in [-0.2, 0) is 0 Å². The number of fused-ring (bicyclic) bond motifs is 1. The summed E-state index contributed by atoms with van der Waals surface area (Å²) < 4.78 is 11.0. The monoisotopic (exact) mass is 326 g/mol. The molecule has 6 heteroatoms. The van der Waals surface area contributed by atoms with Crippen LogP contribution in [0.25, 0.3) is 0 Å². The minimum atomic E-state index is -0.0561. The Morgan fingerprint density at radius 1 is 1.23 bits per heavy atom. The molecule has 0 aliphatic carbocycles. The van der Waals surface area contributed by atoms with E-state index >= 15 is 0 Å². The van der Waals surface area contributed by atoms with Crippen molar-refractivity contribution in [1.82, 2.24) is 10.6 Å². The van der Waals surface area contributed by atoms with E-state index in [1.165, 1.54) is 0 Å². The van der Waals surface area contributed by atoms with Crippen LogP contribution in [0.15, 0.2) is 18.2 Å². The molecule has 2 aliphatic rings. The van der Waals surface area contributed by atoms with Crippen molar-refractivity contribution >= 4 is 18.3 Å². The molecule has 2 heterocycles. The van der Waals surface area contributed by atoms with Crippen molar-refractivity contribution in [3.05, 3.63) is 23.8 Å². The van der Waals surface area contributed by atoms with E-state index < -0.39 is 0 Å². The number of rotatable bonds is 2. The zero-order valence-electron chi connectivity index (χ0n) is 12.9. The fourth-order valence-corrected chi connectivity index (χ4v) is 3.02. The Kier molecular flexibility index (Phi) is 5.53. The number of benzene rings is 1. The van der Waals surface area contributed by atoms with E-state index in [0.29, 0.717) is 36.2 Å². The van der Waals surface area contributed by atoms with Crippen molar-refractivity contribution in [1.29, 1.82) is 0 Å².